The third-order valence-corrected chi connectivity index (χ3v) is 4.16. The summed E-state index contributed by atoms with van der Waals surface area (Å²) in [4.78, 5) is 12.7. The number of rotatable bonds is 4. The first-order chi connectivity index (χ1) is 12.4. The molecule has 0 radical (unpaired) electrons. The number of nitrogens with two attached hydrogens (primary N) is 1. The highest BCUT2D eigenvalue weighted by Gasteiger charge is 2.17. The molecule has 2 aromatic carbocycles. The maximum Gasteiger partial charge on any atom is 0.316 e. The second kappa shape index (κ2) is 7.01. The van der Waals surface area contributed by atoms with Gasteiger partial charge in [0, 0.05) is 31.0 Å². The Balaban J connectivity index is 1.94. The van der Waals surface area contributed by atoms with Gasteiger partial charge < -0.3 is 16.0 Å². The molecule has 1 heterocycles. The van der Waals surface area contributed by atoms with Crippen molar-refractivity contribution in [2.75, 3.05) is 17.3 Å². The fourth-order valence-corrected chi connectivity index (χ4v) is 2.81. The van der Waals surface area contributed by atoms with Gasteiger partial charge in [-0.2, -0.15) is 0 Å². The Bertz CT molecular complexity index is 956. The molecule has 0 aliphatic rings. The number of nitrogens with one attached hydrogen (secondary N) is 1. The minimum absolute atomic E-state index is 0.308. The Labute approximate surface area is 154 Å². The van der Waals surface area contributed by atoms with Crippen LogP contribution in [-0.2, 0) is 7.05 Å². The number of anilines is 3. The Kier molecular flexibility index (Phi) is 4.77. The highest BCUT2D eigenvalue weighted by molar-refractivity contribution is 6.33. The SMILES string of the molecule is CN(c1ccc(F)cc1)c1nnc(-c2ccc(NC(N)=O)cc2Cl)n1C. The number of halogens is 2. The first kappa shape index (κ1) is 17.7. The third kappa shape index (κ3) is 3.45. The molecule has 0 unspecified atom stereocenters. The van der Waals surface area contributed by atoms with E-state index in [0.717, 1.165) is 5.69 Å². The van der Waals surface area contributed by atoms with Gasteiger partial charge in [-0.25, -0.2) is 9.18 Å². The molecule has 1 aromatic heterocycles. The predicted molar refractivity (Wildman–Crippen MR) is 99.1 cm³/mol. The normalized spacial score (nSPS) is 10.6. The summed E-state index contributed by atoms with van der Waals surface area (Å²) in [5.74, 6) is 0.795. The molecular weight excluding hydrogens is 359 g/mol. The maximum absolute atomic E-state index is 13.1. The number of amides is 2. The summed E-state index contributed by atoms with van der Waals surface area (Å²) in [6.45, 7) is 0. The van der Waals surface area contributed by atoms with E-state index in [1.807, 2.05) is 7.05 Å². The molecule has 3 rings (SSSR count). The van der Waals surface area contributed by atoms with Crippen LogP contribution in [-0.4, -0.2) is 27.8 Å². The van der Waals surface area contributed by atoms with Crippen molar-refractivity contribution in [1.82, 2.24) is 14.8 Å². The second-order valence-corrected chi connectivity index (χ2v) is 6.01. The Morgan fingerprint density at radius 3 is 2.54 bits per heavy atom. The van der Waals surface area contributed by atoms with Crippen LogP contribution in [0.15, 0.2) is 42.5 Å². The van der Waals surface area contributed by atoms with E-state index in [1.54, 1.807) is 46.8 Å². The van der Waals surface area contributed by atoms with Crippen LogP contribution in [0.3, 0.4) is 0 Å². The number of urea groups is 1. The molecule has 0 atom stereocenters. The number of nitrogens with zero attached hydrogens (tertiary/aromatic N) is 4. The number of hydrogen-bond acceptors (Lipinski definition) is 4. The molecule has 0 fully saturated rings. The highest BCUT2D eigenvalue weighted by Crippen LogP contribution is 2.31. The fraction of sp³-hybridized carbons (Fsp3) is 0.118. The topological polar surface area (TPSA) is 89.1 Å². The highest BCUT2D eigenvalue weighted by atomic mass is 35.5. The summed E-state index contributed by atoms with van der Waals surface area (Å²) in [6.07, 6.45) is 0. The molecule has 134 valence electrons. The first-order valence-electron chi connectivity index (χ1n) is 7.62. The molecule has 7 nitrogen and oxygen atoms in total. The molecule has 3 N–H and O–H groups in total. The van der Waals surface area contributed by atoms with E-state index in [0.29, 0.717) is 28.0 Å². The first-order valence-corrected chi connectivity index (χ1v) is 7.99. The molecule has 3 aromatic rings. The standard InChI is InChI=1S/C17H16ClFN6O/c1-24(12-6-3-10(19)4-7-12)17-23-22-15(25(17)2)13-8-5-11(9-14(13)18)21-16(20)26/h3-9H,1-2H3,(H3,20,21,26). The summed E-state index contributed by atoms with van der Waals surface area (Å²) in [7, 11) is 3.61. The van der Waals surface area contributed by atoms with Gasteiger partial charge in [-0.05, 0) is 42.5 Å². The largest absolute Gasteiger partial charge is 0.351 e. The minimum Gasteiger partial charge on any atom is -0.351 e. The second-order valence-electron chi connectivity index (χ2n) is 5.60. The number of primary amides is 1. The molecule has 0 saturated carbocycles. The van der Waals surface area contributed by atoms with E-state index < -0.39 is 6.03 Å². The van der Waals surface area contributed by atoms with E-state index >= 15 is 0 Å². The lowest BCUT2D eigenvalue weighted by atomic mass is 10.2. The van der Waals surface area contributed by atoms with Gasteiger partial charge in [-0.15, -0.1) is 10.2 Å². The van der Waals surface area contributed by atoms with Crippen LogP contribution in [0.5, 0.6) is 0 Å². The lowest BCUT2D eigenvalue weighted by molar-refractivity contribution is 0.259. The van der Waals surface area contributed by atoms with Crippen molar-refractivity contribution in [2.45, 2.75) is 0 Å². The monoisotopic (exact) mass is 374 g/mol. The number of aromatic nitrogens is 3. The van der Waals surface area contributed by atoms with E-state index in [1.165, 1.54) is 12.1 Å². The molecule has 26 heavy (non-hydrogen) atoms. The molecule has 0 aliphatic heterocycles. The van der Waals surface area contributed by atoms with Crippen molar-refractivity contribution in [3.63, 3.8) is 0 Å². The average molecular weight is 375 g/mol. The van der Waals surface area contributed by atoms with Crippen molar-refractivity contribution >= 4 is 35.0 Å². The lowest BCUT2D eigenvalue weighted by Crippen LogP contribution is -2.19. The average Bonchev–Trinajstić information content (AvgIpc) is 2.96. The van der Waals surface area contributed by atoms with Crippen molar-refractivity contribution in [3.8, 4) is 11.4 Å². The number of benzene rings is 2. The van der Waals surface area contributed by atoms with Gasteiger partial charge in [-0.1, -0.05) is 11.6 Å². The van der Waals surface area contributed by atoms with E-state index in [2.05, 4.69) is 15.5 Å². The van der Waals surface area contributed by atoms with Crippen molar-refractivity contribution < 1.29 is 9.18 Å². The molecule has 9 heteroatoms. The van der Waals surface area contributed by atoms with E-state index in [4.69, 9.17) is 17.3 Å². The maximum atomic E-state index is 13.1. The van der Waals surface area contributed by atoms with Crippen molar-refractivity contribution in [2.24, 2.45) is 12.8 Å². The zero-order valence-electron chi connectivity index (χ0n) is 14.1. The van der Waals surface area contributed by atoms with Gasteiger partial charge >= 0.3 is 6.03 Å². The van der Waals surface area contributed by atoms with E-state index in [9.17, 15) is 9.18 Å². The summed E-state index contributed by atoms with van der Waals surface area (Å²) in [5.41, 5.74) is 7.00. The summed E-state index contributed by atoms with van der Waals surface area (Å²) >= 11 is 6.31. The van der Waals surface area contributed by atoms with Crippen molar-refractivity contribution in [1.29, 1.82) is 0 Å². The molecule has 0 bridgehead atoms. The van der Waals surface area contributed by atoms with Crippen LogP contribution in [0.1, 0.15) is 0 Å². The number of carbonyl (C=O) groups excluding carboxylic acids is 1. The molecule has 0 spiro atoms. The summed E-state index contributed by atoms with van der Waals surface area (Å²) in [6, 6.07) is 10.4. The predicted octanol–water partition coefficient (Wildman–Crippen LogP) is 3.53. The molecule has 0 aliphatic carbocycles. The van der Waals surface area contributed by atoms with Crippen LogP contribution in [0, 0.1) is 5.82 Å². The van der Waals surface area contributed by atoms with Crippen molar-refractivity contribution in [3.05, 3.63) is 53.3 Å². The molecule has 0 saturated heterocycles. The van der Waals surface area contributed by atoms with Gasteiger partial charge in [-0.3, -0.25) is 4.57 Å². The summed E-state index contributed by atoms with van der Waals surface area (Å²) < 4.78 is 14.9. The van der Waals surface area contributed by atoms with Crippen LogP contribution in [0.2, 0.25) is 5.02 Å². The minimum atomic E-state index is -0.671. The van der Waals surface area contributed by atoms with Crippen LogP contribution < -0.4 is 16.0 Å². The zero-order chi connectivity index (χ0) is 18.8. The Hall–Kier alpha value is -3.13. The summed E-state index contributed by atoms with van der Waals surface area (Å²) in [5, 5.41) is 11.3. The lowest BCUT2D eigenvalue weighted by Gasteiger charge is -2.18. The van der Waals surface area contributed by atoms with Gasteiger partial charge in [0.25, 0.3) is 0 Å². The van der Waals surface area contributed by atoms with Crippen LogP contribution >= 0.6 is 11.6 Å². The zero-order valence-corrected chi connectivity index (χ0v) is 14.8. The smallest absolute Gasteiger partial charge is 0.316 e. The number of hydrogen-bond donors (Lipinski definition) is 2. The Morgan fingerprint density at radius 2 is 1.92 bits per heavy atom. The van der Waals surface area contributed by atoms with Gasteiger partial charge in [0.2, 0.25) is 5.95 Å². The molecule has 2 amide bonds. The van der Waals surface area contributed by atoms with Crippen LogP contribution in [0.25, 0.3) is 11.4 Å². The third-order valence-electron chi connectivity index (χ3n) is 3.84. The van der Waals surface area contributed by atoms with E-state index in [-0.39, 0.29) is 5.82 Å². The number of carbonyl (C=O) groups is 1. The van der Waals surface area contributed by atoms with Crippen LogP contribution in [0.4, 0.5) is 26.5 Å². The van der Waals surface area contributed by atoms with Gasteiger partial charge in [0.15, 0.2) is 5.82 Å². The fourth-order valence-electron chi connectivity index (χ4n) is 2.54. The Morgan fingerprint density at radius 1 is 1.23 bits per heavy atom. The van der Waals surface area contributed by atoms with Gasteiger partial charge in [0.1, 0.15) is 5.82 Å². The quantitative estimate of drug-likeness (QED) is 0.731. The molecular formula is C17H16ClFN6O. The van der Waals surface area contributed by atoms with Gasteiger partial charge in [0.05, 0.1) is 5.02 Å².